The van der Waals surface area contributed by atoms with E-state index in [2.05, 4.69) is 97.1 Å². The molecule has 234 valence electrons. The highest BCUT2D eigenvalue weighted by atomic mass is 32.1. The fourth-order valence-corrected chi connectivity index (χ4v) is 8.13. The summed E-state index contributed by atoms with van der Waals surface area (Å²) in [6.45, 7) is 0. The van der Waals surface area contributed by atoms with Gasteiger partial charge < -0.3 is 4.42 Å². The highest BCUT2D eigenvalue weighted by Gasteiger charge is 2.20. The van der Waals surface area contributed by atoms with Crippen molar-refractivity contribution in [1.82, 2.24) is 15.0 Å². The van der Waals surface area contributed by atoms with Crippen LogP contribution < -0.4 is 0 Å². The first-order chi connectivity index (χ1) is 24.8. The number of nitrogens with zero attached hydrogens (tertiary/aromatic N) is 3. The standard InChI is InChI=1S/C45H27N3OS/c1-4-13-28(14-5-1)31-23-24-33-34-20-12-21-35(42(34)49-38(33)26-31)37-25-32(27-40-41(37)36-19-10-11-22-39(36)50-40)45-47-43(29-15-6-2-7-16-29)46-44(48-45)30-17-8-3-9-18-30/h1-27H. The van der Waals surface area contributed by atoms with Gasteiger partial charge in [0.2, 0.25) is 0 Å². The molecule has 10 aromatic rings. The van der Waals surface area contributed by atoms with Gasteiger partial charge in [-0.2, -0.15) is 0 Å². The summed E-state index contributed by atoms with van der Waals surface area (Å²) in [6, 6.07) is 56.7. The second kappa shape index (κ2) is 11.6. The van der Waals surface area contributed by atoms with Gasteiger partial charge in [-0.15, -0.1) is 11.3 Å². The highest BCUT2D eigenvalue weighted by molar-refractivity contribution is 7.26. The van der Waals surface area contributed by atoms with E-state index < -0.39 is 0 Å². The van der Waals surface area contributed by atoms with Gasteiger partial charge in [0.15, 0.2) is 17.5 Å². The van der Waals surface area contributed by atoms with Gasteiger partial charge in [0.1, 0.15) is 11.2 Å². The van der Waals surface area contributed by atoms with Gasteiger partial charge in [0, 0.05) is 53.2 Å². The van der Waals surface area contributed by atoms with Gasteiger partial charge in [-0.1, -0.05) is 133 Å². The van der Waals surface area contributed by atoms with Gasteiger partial charge >= 0.3 is 0 Å². The summed E-state index contributed by atoms with van der Waals surface area (Å²) in [5, 5.41) is 4.61. The summed E-state index contributed by atoms with van der Waals surface area (Å²) in [5.41, 5.74) is 8.97. The van der Waals surface area contributed by atoms with Crippen molar-refractivity contribution < 1.29 is 4.42 Å². The first kappa shape index (κ1) is 28.6. The van der Waals surface area contributed by atoms with Crippen LogP contribution in [-0.2, 0) is 0 Å². The molecule has 3 aromatic heterocycles. The van der Waals surface area contributed by atoms with E-state index in [-0.39, 0.29) is 0 Å². The van der Waals surface area contributed by atoms with Gasteiger partial charge in [0.25, 0.3) is 0 Å². The molecule has 50 heavy (non-hydrogen) atoms. The Bertz CT molecular complexity index is 2800. The SMILES string of the molecule is c1ccc(-c2ccc3c(c2)oc2c(-c4cc(-c5nc(-c6ccccc6)nc(-c6ccccc6)n5)cc5sc6ccccc6c45)cccc23)cc1. The summed E-state index contributed by atoms with van der Waals surface area (Å²) in [5.74, 6) is 1.91. The molecule has 7 aromatic carbocycles. The molecule has 0 bridgehead atoms. The zero-order chi connectivity index (χ0) is 33.0. The van der Waals surface area contributed by atoms with Crippen molar-refractivity contribution in [2.45, 2.75) is 0 Å². The minimum absolute atomic E-state index is 0.627. The van der Waals surface area contributed by atoms with E-state index in [0.717, 1.165) is 60.9 Å². The summed E-state index contributed by atoms with van der Waals surface area (Å²) >= 11 is 1.79. The molecule has 0 aliphatic carbocycles. The van der Waals surface area contributed by atoms with Crippen molar-refractivity contribution in [1.29, 1.82) is 0 Å². The molecule has 5 heteroatoms. The smallest absolute Gasteiger partial charge is 0.164 e. The molecule has 10 rings (SSSR count). The maximum absolute atomic E-state index is 6.80. The summed E-state index contributed by atoms with van der Waals surface area (Å²) in [6.07, 6.45) is 0. The lowest BCUT2D eigenvalue weighted by atomic mass is 9.95. The molecule has 0 unspecified atom stereocenters. The van der Waals surface area contributed by atoms with E-state index in [1.165, 1.54) is 20.2 Å². The van der Waals surface area contributed by atoms with Crippen molar-refractivity contribution in [3.05, 3.63) is 164 Å². The molecule has 0 amide bonds. The second-order valence-corrected chi connectivity index (χ2v) is 13.5. The number of para-hydroxylation sites is 1. The fraction of sp³-hybridized carbons (Fsp3) is 0. The largest absolute Gasteiger partial charge is 0.455 e. The molecule has 0 radical (unpaired) electrons. The van der Waals surface area contributed by atoms with E-state index in [1.807, 2.05) is 66.7 Å². The monoisotopic (exact) mass is 657 g/mol. The molecule has 0 fully saturated rings. The van der Waals surface area contributed by atoms with Crippen molar-refractivity contribution in [2.24, 2.45) is 0 Å². The van der Waals surface area contributed by atoms with Gasteiger partial charge in [-0.05, 0) is 47.0 Å². The second-order valence-electron chi connectivity index (χ2n) is 12.4. The van der Waals surface area contributed by atoms with Crippen LogP contribution in [0.1, 0.15) is 0 Å². The van der Waals surface area contributed by atoms with E-state index in [9.17, 15) is 0 Å². The van der Waals surface area contributed by atoms with Crippen LogP contribution in [0.15, 0.2) is 168 Å². The Morgan fingerprint density at radius 3 is 1.68 bits per heavy atom. The number of hydrogen-bond donors (Lipinski definition) is 0. The van der Waals surface area contributed by atoms with Crippen LogP contribution >= 0.6 is 11.3 Å². The fourth-order valence-electron chi connectivity index (χ4n) is 6.95. The Labute approximate surface area is 292 Å². The van der Waals surface area contributed by atoms with Crippen LogP contribution in [0.4, 0.5) is 0 Å². The third-order valence-electron chi connectivity index (χ3n) is 9.33. The zero-order valence-electron chi connectivity index (χ0n) is 26.7. The highest BCUT2D eigenvalue weighted by Crippen LogP contribution is 2.45. The molecule has 0 aliphatic rings. The van der Waals surface area contributed by atoms with E-state index in [4.69, 9.17) is 19.4 Å². The molecule has 0 atom stereocenters. The summed E-state index contributed by atoms with van der Waals surface area (Å²) < 4.78 is 9.20. The molecule has 0 saturated heterocycles. The van der Waals surface area contributed by atoms with Gasteiger partial charge in [-0.25, -0.2) is 15.0 Å². The molecule has 0 saturated carbocycles. The van der Waals surface area contributed by atoms with Crippen molar-refractivity contribution in [3.8, 4) is 56.4 Å². The lowest BCUT2D eigenvalue weighted by Crippen LogP contribution is -2.00. The number of fused-ring (bicyclic) bond motifs is 6. The Balaban J connectivity index is 1.23. The third-order valence-corrected chi connectivity index (χ3v) is 10.4. The minimum Gasteiger partial charge on any atom is -0.455 e. The van der Waals surface area contributed by atoms with Crippen LogP contribution in [0.25, 0.3) is 98.5 Å². The predicted molar refractivity (Wildman–Crippen MR) is 207 cm³/mol. The van der Waals surface area contributed by atoms with Crippen LogP contribution in [0.2, 0.25) is 0 Å². The first-order valence-corrected chi connectivity index (χ1v) is 17.4. The number of rotatable bonds is 5. The van der Waals surface area contributed by atoms with Crippen molar-refractivity contribution >= 4 is 53.4 Å². The molecule has 0 N–H and O–H groups in total. The maximum atomic E-state index is 6.80. The van der Waals surface area contributed by atoms with Gasteiger partial charge in [0.05, 0.1) is 0 Å². The van der Waals surface area contributed by atoms with Crippen LogP contribution in [0, 0.1) is 0 Å². The average Bonchev–Trinajstić information content (AvgIpc) is 3.76. The van der Waals surface area contributed by atoms with Crippen molar-refractivity contribution in [3.63, 3.8) is 0 Å². The average molecular weight is 658 g/mol. The minimum atomic E-state index is 0.627. The van der Waals surface area contributed by atoms with E-state index in [0.29, 0.717) is 17.5 Å². The molecular weight excluding hydrogens is 631 g/mol. The van der Waals surface area contributed by atoms with Crippen molar-refractivity contribution in [2.75, 3.05) is 0 Å². The van der Waals surface area contributed by atoms with E-state index in [1.54, 1.807) is 11.3 Å². The Hall–Kier alpha value is -6.43. The molecule has 3 heterocycles. The quantitative estimate of drug-likeness (QED) is 0.185. The molecule has 0 aliphatic heterocycles. The lowest BCUT2D eigenvalue weighted by Gasteiger charge is -2.11. The van der Waals surface area contributed by atoms with Crippen LogP contribution in [0.3, 0.4) is 0 Å². The van der Waals surface area contributed by atoms with E-state index >= 15 is 0 Å². The number of hydrogen-bond acceptors (Lipinski definition) is 5. The van der Waals surface area contributed by atoms with Crippen LogP contribution in [-0.4, -0.2) is 15.0 Å². The van der Waals surface area contributed by atoms with Gasteiger partial charge in [-0.3, -0.25) is 0 Å². The molecular formula is C45H27N3OS. The third kappa shape index (κ3) is 4.79. The number of furan rings is 1. The summed E-state index contributed by atoms with van der Waals surface area (Å²) in [7, 11) is 0. The summed E-state index contributed by atoms with van der Waals surface area (Å²) in [4.78, 5) is 15.1. The Kier molecular flexibility index (Phi) is 6.64. The maximum Gasteiger partial charge on any atom is 0.164 e. The predicted octanol–water partition coefficient (Wildman–Crippen LogP) is 12.5. The number of benzene rings is 7. The number of aromatic nitrogens is 3. The normalized spacial score (nSPS) is 11.6. The molecule has 4 nitrogen and oxygen atoms in total. The Morgan fingerprint density at radius 2 is 0.980 bits per heavy atom. The number of thiophene rings is 1. The zero-order valence-corrected chi connectivity index (χ0v) is 27.6. The Morgan fingerprint density at radius 1 is 0.380 bits per heavy atom. The topological polar surface area (TPSA) is 51.8 Å². The van der Waals surface area contributed by atoms with Crippen LogP contribution in [0.5, 0.6) is 0 Å². The lowest BCUT2D eigenvalue weighted by molar-refractivity contribution is 0.670. The molecule has 0 spiro atoms. The first-order valence-electron chi connectivity index (χ1n) is 16.6.